The van der Waals surface area contributed by atoms with Crippen molar-refractivity contribution in [2.24, 2.45) is 0 Å². The number of nitrogens with two attached hydrogens (primary N) is 1. The van der Waals surface area contributed by atoms with Crippen LogP contribution in [0.2, 0.25) is 0 Å². The molecule has 0 aliphatic rings. The van der Waals surface area contributed by atoms with Gasteiger partial charge in [-0.3, -0.25) is 4.79 Å². The Hall–Kier alpha value is -2.14. The zero-order valence-corrected chi connectivity index (χ0v) is 11.4. The molecule has 1 heterocycles. The van der Waals surface area contributed by atoms with Crippen molar-refractivity contribution in [1.29, 1.82) is 0 Å². The fourth-order valence-corrected chi connectivity index (χ4v) is 2.21. The first kappa shape index (κ1) is 13.3. The second-order valence-corrected chi connectivity index (χ2v) is 5.40. The van der Waals surface area contributed by atoms with Gasteiger partial charge in [-0.05, 0) is 30.7 Å². The summed E-state index contributed by atoms with van der Waals surface area (Å²) in [6.45, 7) is 2.45. The number of amides is 1. The van der Waals surface area contributed by atoms with E-state index < -0.39 is 0 Å². The molecule has 0 atom stereocenters. The molecule has 1 amide bonds. The minimum Gasteiger partial charge on any atom is -0.399 e. The zero-order valence-electron chi connectivity index (χ0n) is 10.6. The maximum Gasteiger partial charge on any atom is 0.244 e. The van der Waals surface area contributed by atoms with Crippen molar-refractivity contribution in [3.63, 3.8) is 0 Å². The van der Waals surface area contributed by atoms with Crippen molar-refractivity contribution >= 4 is 29.0 Å². The molecular formula is C14H15N3OS. The first-order valence-electron chi connectivity index (χ1n) is 5.86. The molecule has 1 aromatic carbocycles. The third-order valence-corrected chi connectivity index (χ3v) is 3.36. The fourth-order valence-electron chi connectivity index (χ4n) is 1.48. The van der Waals surface area contributed by atoms with Gasteiger partial charge in [-0.1, -0.05) is 12.1 Å². The van der Waals surface area contributed by atoms with E-state index in [0.29, 0.717) is 12.2 Å². The summed E-state index contributed by atoms with van der Waals surface area (Å²) in [5.41, 5.74) is 7.24. The van der Waals surface area contributed by atoms with Gasteiger partial charge in [-0.2, -0.15) is 0 Å². The van der Waals surface area contributed by atoms with Gasteiger partial charge in [0.1, 0.15) is 5.01 Å². The van der Waals surface area contributed by atoms with E-state index in [4.69, 9.17) is 5.73 Å². The van der Waals surface area contributed by atoms with E-state index in [0.717, 1.165) is 15.4 Å². The van der Waals surface area contributed by atoms with Crippen LogP contribution in [0.3, 0.4) is 0 Å². The monoisotopic (exact) mass is 273 g/mol. The van der Waals surface area contributed by atoms with Gasteiger partial charge in [0.2, 0.25) is 5.91 Å². The van der Waals surface area contributed by atoms with Gasteiger partial charge in [0, 0.05) is 22.8 Å². The number of benzene rings is 1. The molecule has 0 aliphatic heterocycles. The molecule has 0 aliphatic carbocycles. The van der Waals surface area contributed by atoms with Crippen LogP contribution in [0.15, 0.2) is 36.5 Å². The summed E-state index contributed by atoms with van der Waals surface area (Å²) in [5, 5.41) is 3.70. The quantitative estimate of drug-likeness (QED) is 0.664. The van der Waals surface area contributed by atoms with E-state index in [1.54, 1.807) is 35.7 Å². The molecule has 98 valence electrons. The number of anilines is 1. The number of rotatable bonds is 4. The van der Waals surface area contributed by atoms with Crippen molar-refractivity contribution < 1.29 is 4.79 Å². The Morgan fingerprint density at radius 1 is 1.42 bits per heavy atom. The molecule has 2 aromatic rings. The Morgan fingerprint density at radius 3 is 2.79 bits per heavy atom. The van der Waals surface area contributed by atoms with Crippen molar-refractivity contribution in [3.8, 4) is 0 Å². The summed E-state index contributed by atoms with van der Waals surface area (Å²) in [6.07, 6.45) is 5.06. The largest absolute Gasteiger partial charge is 0.399 e. The number of hydrogen-bond acceptors (Lipinski definition) is 4. The lowest BCUT2D eigenvalue weighted by atomic mass is 10.2. The summed E-state index contributed by atoms with van der Waals surface area (Å²) in [7, 11) is 0. The van der Waals surface area contributed by atoms with Crippen LogP contribution in [0.25, 0.3) is 6.08 Å². The van der Waals surface area contributed by atoms with Gasteiger partial charge in [-0.25, -0.2) is 4.98 Å². The van der Waals surface area contributed by atoms with E-state index in [9.17, 15) is 4.79 Å². The minimum absolute atomic E-state index is 0.135. The van der Waals surface area contributed by atoms with Gasteiger partial charge < -0.3 is 11.1 Å². The molecule has 3 N–H and O–H groups in total. The molecule has 0 saturated carbocycles. The van der Waals surface area contributed by atoms with Crippen LogP contribution in [0.4, 0.5) is 5.69 Å². The third kappa shape index (κ3) is 4.22. The summed E-state index contributed by atoms with van der Waals surface area (Å²) in [6, 6.07) is 7.33. The van der Waals surface area contributed by atoms with Crippen molar-refractivity contribution in [3.05, 3.63) is 52.0 Å². The first-order chi connectivity index (χ1) is 9.13. The van der Waals surface area contributed by atoms with Gasteiger partial charge in [0.15, 0.2) is 0 Å². The number of carbonyl (C=O) groups is 1. The van der Waals surface area contributed by atoms with Crippen LogP contribution < -0.4 is 11.1 Å². The summed E-state index contributed by atoms with van der Waals surface area (Å²) < 4.78 is 0. The number of aryl methyl sites for hydroxylation is 1. The number of nitrogens with one attached hydrogen (secondary N) is 1. The molecule has 0 unspecified atom stereocenters. The molecule has 1 aromatic heterocycles. The highest BCUT2D eigenvalue weighted by molar-refractivity contribution is 7.11. The summed E-state index contributed by atoms with van der Waals surface area (Å²) in [5.74, 6) is -0.135. The molecule has 0 fully saturated rings. The fraction of sp³-hybridized carbons (Fsp3) is 0.143. The molecule has 0 saturated heterocycles. The minimum atomic E-state index is -0.135. The van der Waals surface area contributed by atoms with Crippen LogP contribution >= 0.6 is 11.3 Å². The zero-order chi connectivity index (χ0) is 13.7. The number of thiazole rings is 1. The van der Waals surface area contributed by atoms with Crippen molar-refractivity contribution in [1.82, 2.24) is 10.3 Å². The number of hydrogen-bond donors (Lipinski definition) is 2. The maximum atomic E-state index is 11.6. The Morgan fingerprint density at radius 2 is 2.16 bits per heavy atom. The lowest BCUT2D eigenvalue weighted by Gasteiger charge is -1.98. The summed E-state index contributed by atoms with van der Waals surface area (Å²) >= 11 is 1.58. The van der Waals surface area contributed by atoms with Gasteiger partial charge in [-0.15, -0.1) is 11.3 Å². The number of aromatic nitrogens is 1. The Balaban J connectivity index is 1.85. The van der Waals surface area contributed by atoms with Crippen molar-refractivity contribution in [2.45, 2.75) is 13.5 Å². The molecule has 0 radical (unpaired) electrons. The van der Waals surface area contributed by atoms with Crippen LogP contribution in [0.1, 0.15) is 15.4 Å². The van der Waals surface area contributed by atoms with Crippen LogP contribution in [-0.2, 0) is 11.3 Å². The molecular weight excluding hydrogens is 258 g/mol. The molecule has 19 heavy (non-hydrogen) atoms. The molecule has 2 rings (SSSR count). The topological polar surface area (TPSA) is 68.0 Å². The number of carbonyl (C=O) groups excluding carboxylic acids is 1. The smallest absolute Gasteiger partial charge is 0.244 e. The van der Waals surface area contributed by atoms with Gasteiger partial charge in [0.25, 0.3) is 0 Å². The maximum absolute atomic E-state index is 11.6. The predicted octanol–water partition coefficient (Wildman–Crippen LogP) is 2.36. The highest BCUT2D eigenvalue weighted by atomic mass is 32.1. The Labute approximate surface area is 116 Å². The lowest BCUT2D eigenvalue weighted by Crippen LogP contribution is -2.19. The second-order valence-electron chi connectivity index (χ2n) is 4.08. The number of nitrogens with zero attached hydrogens (tertiary/aromatic N) is 1. The third-order valence-electron chi connectivity index (χ3n) is 2.45. The molecule has 0 spiro atoms. The number of nitrogen functional groups attached to an aromatic ring is 1. The molecule has 5 heteroatoms. The standard InChI is InChI=1S/C14H15N3OS/c1-10-8-17-14(19-10)9-16-13(18)7-4-11-2-5-12(15)6-3-11/h2-8H,9,15H2,1H3,(H,16,18)/b7-4+. The van der Waals surface area contributed by atoms with E-state index in [1.807, 2.05) is 19.1 Å². The first-order valence-corrected chi connectivity index (χ1v) is 6.68. The van der Waals surface area contributed by atoms with E-state index in [2.05, 4.69) is 10.3 Å². The molecule has 4 nitrogen and oxygen atoms in total. The Kier molecular flexibility index (Phi) is 4.30. The van der Waals surface area contributed by atoms with Crippen LogP contribution in [0.5, 0.6) is 0 Å². The highest BCUT2D eigenvalue weighted by Crippen LogP contribution is 2.10. The van der Waals surface area contributed by atoms with E-state index in [-0.39, 0.29) is 5.91 Å². The average molecular weight is 273 g/mol. The summed E-state index contributed by atoms with van der Waals surface area (Å²) in [4.78, 5) is 16.9. The lowest BCUT2D eigenvalue weighted by molar-refractivity contribution is -0.116. The van der Waals surface area contributed by atoms with E-state index >= 15 is 0 Å². The second kappa shape index (κ2) is 6.15. The molecule has 0 bridgehead atoms. The van der Waals surface area contributed by atoms with Crippen LogP contribution in [0, 0.1) is 6.92 Å². The highest BCUT2D eigenvalue weighted by Gasteiger charge is 2.00. The Bertz CT molecular complexity index is 587. The van der Waals surface area contributed by atoms with Gasteiger partial charge in [0.05, 0.1) is 6.54 Å². The normalized spacial score (nSPS) is 10.8. The van der Waals surface area contributed by atoms with Gasteiger partial charge >= 0.3 is 0 Å². The SMILES string of the molecule is Cc1cnc(CNC(=O)/C=C/c2ccc(N)cc2)s1. The van der Waals surface area contributed by atoms with E-state index in [1.165, 1.54) is 6.08 Å². The van der Waals surface area contributed by atoms with Crippen molar-refractivity contribution in [2.75, 3.05) is 5.73 Å². The average Bonchev–Trinajstić information content (AvgIpc) is 2.81. The van der Waals surface area contributed by atoms with Crippen LogP contribution in [-0.4, -0.2) is 10.9 Å². The predicted molar refractivity (Wildman–Crippen MR) is 78.6 cm³/mol.